The van der Waals surface area contributed by atoms with Crippen LogP contribution in [0.15, 0.2) is 42.5 Å². The predicted molar refractivity (Wildman–Crippen MR) is 100 cm³/mol. The third-order valence-electron chi connectivity index (χ3n) is 4.86. The molecular formula is C21H23FN2O3. The van der Waals surface area contributed by atoms with E-state index < -0.39 is 5.82 Å². The van der Waals surface area contributed by atoms with Crippen molar-refractivity contribution in [2.24, 2.45) is 0 Å². The summed E-state index contributed by atoms with van der Waals surface area (Å²) in [6.45, 7) is 5.60. The summed E-state index contributed by atoms with van der Waals surface area (Å²) in [7, 11) is 0. The van der Waals surface area contributed by atoms with Gasteiger partial charge in [-0.05, 0) is 49.2 Å². The number of carbonyl (C=O) groups is 2. The van der Waals surface area contributed by atoms with Crippen LogP contribution < -0.4 is 4.74 Å². The van der Waals surface area contributed by atoms with Gasteiger partial charge in [-0.1, -0.05) is 18.2 Å². The highest BCUT2D eigenvalue weighted by Crippen LogP contribution is 2.16. The number of halogens is 1. The minimum atomic E-state index is -0.492. The van der Waals surface area contributed by atoms with Crippen LogP contribution in [-0.4, -0.2) is 54.4 Å². The molecule has 0 radical (unpaired) electrons. The van der Waals surface area contributed by atoms with Crippen molar-refractivity contribution in [2.45, 2.75) is 13.8 Å². The van der Waals surface area contributed by atoms with E-state index in [-0.39, 0.29) is 24.2 Å². The van der Waals surface area contributed by atoms with Gasteiger partial charge in [-0.15, -0.1) is 0 Å². The summed E-state index contributed by atoms with van der Waals surface area (Å²) in [6, 6.07) is 11.7. The van der Waals surface area contributed by atoms with E-state index in [0.717, 1.165) is 11.1 Å². The van der Waals surface area contributed by atoms with E-state index in [1.54, 1.807) is 21.9 Å². The van der Waals surface area contributed by atoms with Gasteiger partial charge in [0.05, 0.1) is 0 Å². The van der Waals surface area contributed by atoms with Crippen LogP contribution in [-0.2, 0) is 4.79 Å². The Hall–Kier alpha value is -2.89. The van der Waals surface area contributed by atoms with Crippen molar-refractivity contribution >= 4 is 11.8 Å². The Bertz CT molecular complexity index is 845. The van der Waals surface area contributed by atoms with Crippen LogP contribution in [0.1, 0.15) is 21.5 Å². The van der Waals surface area contributed by atoms with Crippen molar-refractivity contribution in [3.05, 3.63) is 65.0 Å². The zero-order valence-electron chi connectivity index (χ0n) is 15.6. The van der Waals surface area contributed by atoms with Gasteiger partial charge in [0.25, 0.3) is 11.8 Å². The van der Waals surface area contributed by atoms with Crippen molar-refractivity contribution in [2.75, 3.05) is 32.8 Å². The zero-order valence-corrected chi connectivity index (χ0v) is 15.6. The zero-order chi connectivity index (χ0) is 19.4. The number of amides is 2. The highest BCUT2D eigenvalue weighted by atomic mass is 19.1. The standard InChI is InChI=1S/C21H23FN2O3/c1-15-7-8-17(13-16(15)2)21(26)24-11-9-23(10-12-24)20(25)14-27-19-6-4-3-5-18(19)22/h3-8,13H,9-12,14H2,1-2H3. The van der Waals surface area contributed by atoms with Crippen LogP contribution in [0, 0.1) is 19.7 Å². The number of hydrogen-bond donors (Lipinski definition) is 0. The van der Waals surface area contributed by atoms with E-state index in [1.165, 1.54) is 12.1 Å². The van der Waals surface area contributed by atoms with E-state index in [2.05, 4.69) is 0 Å². The van der Waals surface area contributed by atoms with Crippen molar-refractivity contribution in [3.8, 4) is 5.75 Å². The van der Waals surface area contributed by atoms with Crippen molar-refractivity contribution < 1.29 is 18.7 Å². The van der Waals surface area contributed by atoms with Crippen LogP contribution >= 0.6 is 0 Å². The highest BCUT2D eigenvalue weighted by Gasteiger charge is 2.25. The minimum absolute atomic E-state index is 0.0206. The van der Waals surface area contributed by atoms with Crippen molar-refractivity contribution in [1.29, 1.82) is 0 Å². The van der Waals surface area contributed by atoms with Crippen LogP contribution in [0.4, 0.5) is 4.39 Å². The molecule has 0 aliphatic carbocycles. The highest BCUT2D eigenvalue weighted by molar-refractivity contribution is 5.94. The van der Waals surface area contributed by atoms with Gasteiger partial charge in [-0.25, -0.2) is 4.39 Å². The molecule has 0 unspecified atom stereocenters. The molecule has 5 nitrogen and oxygen atoms in total. The number of benzene rings is 2. The summed E-state index contributed by atoms with van der Waals surface area (Å²) >= 11 is 0. The lowest BCUT2D eigenvalue weighted by molar-refractivity contribution is -0.134. The maximum Gasteiger partial charge on any atom is 0.260 e. The normalized spacial score (nSPS) is 14.2. The van der Waals surface area contributed by atoms with Gasteiger partial charge in [-0.3, -0.25) is 9.59 Å². The molecule has 1 saturated heterocycles. The Morgan fingerprint density at radius 3 is 2.30 bits per heavy atom. The van der Waals surface area contributed by atoms with E-state index in [1.807, 2.05) is 32.0 Å². The molecule has 2 aromatic rings. The van der Waals surface area contributed by atoms with Gasteiger partial charge in [0.15, 0.2) is 18.2 Å². The number of aryl methyl sites for hydroxylation is 2. The molecule has 1 fully saturated rings. The van der Waals surface area contributed by atoms with Crippen molar-refractivity contribution in [3.63, 3.8) is 0 Å². The predicted octanol–water partition coefficient (Wildman–Crippen LogP) is 2.81. The smallest absolute Gasteiger partial charge is 0.260 e. The summed E-state index contributed by atoms with van der Waals surface area (Å²) in [4.78, 5) is 28.3. The number of para-hydroxylation sites is 1. The molecule has 27 heavy (non-hydrogen) atoms. The van der Waals surface area contributed by atoms with Crippen LogP contribution in [0.5, 0.6) is 5.75 Å². The first-order valence-corrected chi connectivity index (χ1v) is 8.97. The molecule has 2 amide bonds. The van der Waals surface area contributed by atoms with Gasteiger partial charge >= 0.3 is 0 Å². The van der Waals surface area contributed by atoms with Crippen LogP contribution in [0.3, 0.4) is 0 Å². The third-order valence-corrected chi connectivity index (χ3v) is 4.86. The number of nitrogens with zero attached hydrogens (tertiary/aromatic N) is 2. The molecule has 0 saturated carbocycles. The van der Waals surface area contributed by atoms with Crippen molar-refractivity contribution in [1.82, 2.24) is 9.80 Å². The number of rotatable bonds is 4. The first kappa shape index (κ1) is 18.9. The molecule has 2 aromatic carbocycles. The molecule has 1 heterocycles. The number of piperazine rings is 1. The Balaban J connectivity index is 1.52. The van der Waals surface area contributed by atoms with Gasteiger partial charge in [0.1, 0.15) is 0 Å². The second-order valence-corrected chi connectivity index (χ2v) is 6.69. The quantitative estimate of drug-likeness (QED) is 0.832. The fourth-order valence-corrected chi connectivity index (χ4v) is 3.01. The fraction of sp³-hybridized carbons (Fsp3) is 0.333. The summed E-state index contributed by atoms with van der Waals surface area (Å²) in [6.07, 6.45) is 0. The summed E-state index contributed by atoms with van der Waals surface area (Å²) in [5.41, 5.74) is 2.90. The summed E-state index contributed by atoms with van der Waals surface area (Å²) in [5.74, 6) is -0.659. The second-order valence-electron chi connectivity index (χ2n) is 6.69. The van der Waals surface area contributed by atoms with E-state index >= 15 is 0 Å². The van der Waals surface area contributed by atoms with E-state index in [4.69, 9.17) is 4.74 Å². The lowest BCUT2D eigenvalue weighted by Crippen LogP contribution is -2.51. The first-order chi connectivity index (χ1) is 13.0. The van der Waals surface area contributed by atoms with Crippen LogP contribution in [0.25, 0.3) is 0 Å². The molecule has 1 aliphatic heterocycles. The molecule has 3 rings (SSSR count). The molecule has 6 heteroatoms. The Kier molecular flexibility index (Phi) is 5.74. The molecule has 142 valence electrons. The molecular weight excluding hydrogens is 347 g/mol. The number of hydrogen-bond acceptors (Lipinski definition) is 3. The Morgan fingerprint density at radius 1 is 0.963 bits per heavy atom. The van der Waals surface area contributed by atoms with Crippen LogP contribution in [0.2, 0.25) is 0 Å². The molecule has 0 N–H and O–H groups in total. The maximum absolute atomic E-state index is 13.5. The van der Waals surface area contributed by atoms with Gasteiger partial charge < -0.3 is 14.5 Å². The molecule has 0 aromatic heterocycles. The summed E-state index contributed by atoms with van der Waals surface area (Å²) < 4.78 is 18.8. The Labute approximate surface area is 158 Å². The third kappa shape index (κ3) is 4.45. The average Bonchev–Trinajstić information content (AvgIpc) is 2.69. The monoisotopic (exact) mass is 370 g/mol. The van der Waals surface area contributed by atoms with Gasteiger partial charge in [0.2, 0.25) is 0 Å². The largest absolute Gasteiger partial charge is 0.481 e. The lowest BCUT2D eigenvalue weighted by Gasteiger charge is -2.34. The first-order valence-electron chi connectivity index (χ1n) is 8.97. The molecule has 0 bridgehead atoms. The fourth-order valence-electron chi connectivity index (χ4n) is 3.01. The SMILES string of the molecule is Cc1ccc(C(=O)N2CCN(C(=O)COc3ccccc3F)CC2)cc1C. The second kappa shape index (κ2) is 8.20. The Morgan fingerprint density at radius 2 is 1.63 bits per heavy atom. The molecule has 0 atom stereocenters. The van der Waals surface area contributed by atoms with E-state index in [9.17, 15) is 14.0 Å². The summed E-state index contributed by atoms with van der Waals surface area (Å²) in [5, 5.41) is 0. The van der Waals surface area contributed by atoms with E-state index in [0.29, 0.717) is 31.7 Å². The lowest BCUT2D eigenvalue weighted by atomic mass is 10.1. The number of ether oxygens (including phenoxy) is 1. The molecule has 1 aliphatic rings. The number of carbonyl (C=O) groups excluding carboxylic acids is 2. The van der Waals surface area contributed by atoms with Gasteiger partial charge in [-0.2, -0.15) is 0 Å². The average molecular weight is 370 g/mol. The maximum atomic E-state index is 13.5. The minimum Gasteiger partial charge on any atom is -0.481 e. The van der Waals surface area contributed by atoms with Gasteiger partial charge in [0, 0.05) is 31.7 Å². The topological polar surface area (TPSA) is 49.9 Å². The molecule has 0 spiro atoms.